The quantitative estimate of drug-likeness (QED) is 0.390. The molecule has 0 bridgehead atoms. The van der Waals surface area contributed by atoms with Gasteiger partial charge in [0.1, 0.15) is 11.4 Å². The van der Waals surface area contributed by atoms with E-state index >= 15 is 0 Å². The third-order valence-electron chi connectivity index (χ3n) is 4.56. The Balaban J connectivity index is 1.68. The third-order valence-corrected chi connectivity index (χ3v) is 5.59. The molecule has 26 heavy (non-hydrogen) atoms. The average molecular weight is 354 g/mol. The van der Waals surface area contributed by atoms with E-state index in [1.807, 2.05) is 47.0 Å². The highest BCUT2D eigenvalue weighted by molar-refractivity contribution is 7.20. The van der Waals surface area contributed by atoms with Crippen molar-refractivity contribution >= 4 is 33.4 Å². The molecule has 0 saturated heterocycles. The number of aldehydes is 1. The molecule has 0 fully saturated rings. The van der Waals surface area contributed by atoms with Gasteiger partial charge in [-0.1, -0.05) is 78.1 Å². The predicted molar refractivity (Wildman–Crippen MR) is 107 cm³/mol. The minimum atomic E-state index is 0.591. The number of carbonyl (C=O) groups excluding carboxylic acids is 1. The van der Waals surface area contributed by atoms with Gasteiger partial charge < -0.3 is 0 Å². The molecule has 4 heteroatoms. The second kappa shape index (κ2) is 5.93. The smallest absolute Gasteiger partial charge is 0.195 e. The predicted octanol–water partition coefficient (Wildman–Crippen LogP) is 5.70. The number of carbonyl (C=O) groups is 1. The molecule has 3 aromatic carbocycles. The molecule has 0 radical (unpaired) electrons. The fourth-order valence-corrected chi connectivity index (χ4v) is 4.26. The molecule has 0 atom stereocenters. The summed E-state index contributed by atoms with van der Waals surface area (Å²) >= 11 is 1.59. The monoisotopic (exact) mass is 354 g/mol. The average Bonchev–Trinajstić information content (AvgIpc) is 3.26. The van der Waals surface area contributed by atoms with E-state index < -0.39 is 0 Å². The van der Waals surface area contributed by atoms with Crippen LogP contribution in [0.2, 0.25) is 0 Å². The fourth-order valence-electron chi connectivity index (χ4n) is 3.26. The van der Waals surface area contributed by atoms with Gasteiger partial charge in [-0.2, -0.15) is 0 Å². The molecule has 0 amide bonds. The largest absolute Gasteiger partial charge is 0.296 e. The number of rotatable bonds is 3. The summed E-state index contributed by atoms with van der Waals surface area (Å²) in [6.07, 6.45) is 2.89. The van der Waals surface area contributed by atoms with Crippen LogP contribution in [0, 0.1) is 0 Å². The molecule has 2 aromatic heterocycles. The second-order valence-corrected chi connectivity index (χ2v) is 7.15. The van der Waals surface area contributed by atoms with Crippen LogP contribution in [0.5, 0.6) is 0 Å². The Morgan fingerprint density at radius 1 is 0.846 bits per heavy atom. The van der Waals surface area contributed by atoms with Crippen LogP contribution in [-0.2, 0) is 0 Å². The topological polar surface area (TPSA) is 34.4 Å². The van der Waals surface area contributed by atoms with Gasteiger partial charge in [-0.25, -0.2) is 4.98 Å². The zero-order valence-electron chi connectivity index (χ0n) is 13.8. The molecule has 0 aliphatic carbocycles. The van der Waals surface area contributed by atoms with Crippen LogP contribution in [0.25, 0.3) is 37.4 Å². The Morgan fingerprint density at radius 3 is 2.42 bits per heavy atom. The maximum atomic E-state index is 11.8. The van der Waals surface area contributed by atoms with Crippen molar-refractivity contribution in [3.63, 3.8) is 0 Å². The van der Waals surface area contributed by atoms with Gasteiger partial charge in [-0.15, -0.1) is 0 Å². The third kappa shape index (κ3) is 2.35. The summed E-state index contributed by atoms with van der Waals surface area (Å²) in [5.74, 6) is 0. The van der Waals surface area contributed by atoms with Crippen LogP contribution in [-0.4, -0.2) is 15.7 Å². The van der Waals surface area contributed by atoms with Crippen LogP contribution < -0.4 is 0 Å². The zero-order chi connectivity index (χ0) is 17.5. The Morgan fingerprint density at radius 2 is 1.62 bits per heavy atom. The molecule has 0 saturated carbocycles. The molecule has 0 unspecified atom stereocenters. The second-order valence-electron chi connectivity index (χ2n) is 6.14. The first-order valence-corrected chi connectivity index (χ1v) is 9.17. The van der Waals surface area contributed by atoms with Crippen LogP contribution in [0.3, 0.4) is 0 Å². The van der Waals surface area contributed by atoms with Crippen molar-refractivity contribution in [3.05, 3.63) is 84.7 Å². The van der Waals surface area contributed by atoms with E-state index in [1.165, 1.54) is 5.39 Å². The van der Waals surface area contributed by atoms with Gasteiger partial charge in [0.05, 0.1) is 4.88 Å². The van der Waals surface area contributed by atoms with E-state index in [4.69, 9.17) is 4.98 Å². The number of fused-ring (bicyclic) bond motifs is 2. The first-order chi connectivity index (χ1) is 12.8. The normalized spacial score (nSPS) is 11.2. The number of thiazole rings is 1. The van der Waals surface area contributed by atoms with E-state index in [1.54, 1.807) is 11.3 Å². The summed E-state index contributed by atoms with van der Waals surface area (Å²) in [5.41, 5.74) is 3.42. The summed E-state index contributed by atoms with van der Waals surface area (Å²) in [7, 11) is 0. The van der Waals surface area contributed by atoms with Crippen molar-refractivity contribution in [1.82, 2.24) is 9.38 Å². The lowest BCUT2D eigenvalue weighted by atomic mass is 10.0. The van der Waals surface area contributed by atoms with Crippen molar-refractivity contribution in [1.29, 1.82) is 0 Å². The molecular weight excluding hydrogens is 340 g/mol. The number of hydrogen-bond donors (Lipinski definition) is 0. The van der Waals surface area contributed by atoms with Crippen LogP contribution in [0.15, 0.2) is 79.0 Å². The molecule has 5 aromatic rings. The molecule has 0 aliphatic rings. The summed E-state index contributed by atoms with van der Waals surface area (Å²) in [4.78, 5) is 18.5. The molecule has 0 aliphatic heterocycles. The molecule has 2 heterocycles. The Kier molecular flexibility index (Phi) is 3.43. The number of imidazole rings is 1. The highest BCUT2D eigenvalue weighted by atomic mass is 32.1. The molecule has 0 spiro atoms. The van der Waals surface area contributed by atoms with Gasteiger partial charge in [-0.3, -0.25) is 9.20 Å². The molecule has 5 rings (SSSR count). The number of benzene rings is 3. The summed E-state index contributed by atoms with van der Waals surface area (Å²) in [6.45, 7) is 0. The minimum Gasteiger partial charge on any atom is -0.296 e. The zero-order valence-corrected chi connectivity index (χ0v) is 14.6. The Labute approximate surface area is 154 Å². The summed E-state index contributed by atoms with van der Waals surface area (Å²) < 4.78 is 1.89. The van der Waals surface area contributed by atoms with Gasteiger partial charge in [0.2, 0.25) is 0 Å². The molecule has 3 nitrogen and oxygen atoms in total. The van der Waals surface area contributed by atoms with E-state index in [9.17, 15) is 4.79 Å². The van der Waals surface area contributed by atoms with Crippen molar-refractivity contribution in [2.24, 2.45) is 0 Å². The first kappa shape index (κ1) is 15.0. The van der Waals surface area contributed by atoms with Crippen LogP contribution >= 0.6 is 11.3 Å². The van der Waals surface area contributed by atoms with Gasteiger partial charge >= 0.3 is 0 Å². The van der Waals surface area contributed by atoms with Gasteiger partial charge in [-0.05, 0) is 22.4 Å². The van der Waals surface area contributed by atoms with Gasteiger partial charge in [0.25, 0.3) is 0 Å². The Bertz CT molecular complexity index is 1250. The van der Waals surface area contributed by atoms with Gasteiger partial charge in [0.15, 0.2) is 11.2 Å². The highest BCUT2D eigenvalue weighted by Crippen LogP contribution is 2.33. The lowest BCUT2D eigenvalue weighted by Gasteiger charge is -2.02. The van der Waals surface area contributed by atoms with Crippen molar-refractivity contribution in [3.8, 4) is 21.7 Å². The van der Waals surface area contributed by atoms with E-state index in [2.05, 4.69) is 36.4 Å². The van der Waals surface area contributed by atoms with Crippen LogP contribution in [0.1, 0.15) is 10.5 Å². The van der Waals surface area contributed by atoms with Crippen molar-refractivity contribution in [2.45, 2.75) is 0 Å². The first-order valence-electron chi connectivity index (χ1n) is 8.35. The van der Waals surface area contributed by atoms with Crippen molar-refractivity contribution < 1.29 is 4.79 Å². The lowest BCUT2D eigenvalue weighted by molar-refractivity contribution is 0.111. The minimum absolute atomic E-state index is 0.591. The van der Waals surface area contributed by atoms with Crippen LogP contribution in [0.4, 0.5) is 0 Å². The molecule has 0 N–H and O–H groups in total. The lowest BCUT2D eigenvalue weighted by Crippen LogP contribution is -1.90. The molecular formula is C22H14N2OS. The SMILES string of the molecule is O=Cc1c(-c2ccc3ccccc3c2)nc2sc(-c3ccccc3)cn12. The fraction of sp³-hybridized carbons (Fsp3) is 0. The van der Waals surface area contributed by atoms with Crippen molar-refractivity contribution in [2.75, 3.05) is 0 Å². The number of aromatic nitrogens is 2. The van der Waals surface area contributed by atoms with Gasteiger partial charge in [0, 0.05) is 11.8 Å². The number of hydrogen-bond acceptors (Lipinski definition) is 3. The van der Waals surface area contributed by atoms with E-state index in [0.717, 1.165) is 38.3 Å². The summed E-state index contributed by atoms with van der Waals surface area (Å²) in [6, 6.07) is 24.5. The standard InChI is InChI=1S/C22H14N2OS/c25-14-19-21(18-11-10-15-6-4-5-9-17(15)12-18)23-22-24(19)13-20(26-22)16-7-2-1-3-8-16/h1-14H. The maximum absolute atomic E-state index is 11.8. The van der Waals surface area contributed by atoms with E-state index in [-0.39, 0.29) is 0 Å². The highest BCUT2D eigenvalue weighted by Gasteiger charge is 2.17. The summed E-state index contributed by atoms with van der Waals surface area (Å²) in [5, 5.41) is 2.32. The number of nitrogens with zero attached hydrogens (tertiary/aromatic N) is 2. The molecule has 124 valence electrons. The Hall–Kier alpha value is -3.24. The maximum Gasteiger partial charge on any atom is 0.195 e. The van der Waals surface area contributed by atoms with E-state index in [0.29, 0.717) is 5.69 Å².